The van der Waals surface area contributed by atoms with E-state index in [0.29, 0.717) is 24.6 Å². The van der Waals surface area contributed by atoms with Crippen LogP contribution in [0.3, 0.4) is 0 Å². The molecule has 2 aromatic carbocycles. The van der Waals surface area contributed by atoms with E-state index < -0.39 is 0 Å². The summed E-state index contributed by atoms with van der Waals surface area (Å²) in [7, 11) is 0. The smallest absolute Gasteiger partial charge is 0.251 e. The van der Waals surface area contributed by atoms with Gasteiger partial charge in [-0.15, -0.1) is 0 Å². The lowest BCUT2D eigenvalue weighted by atomic mass is 10.1. The number of aryl methyl sites for hydroxylation is 3. The Balaban J connectivity index is 1.81. The summed E-state index contributed by atoms with van der Waals surface area (Å²) in [6.45, 7) is 6.88. The number of nitrogens with two attached hydrogens (primary N) is 1. The highest BCUT2D eigenvalue weighted by molar-refractivity contribution is 5.94. The molecular formula is C19H24N4O. The summed E-state index contributed by atoms with van der Waals surface area (Å²) in [5.74, 6) is 0.236. The summed E-state index contributed by atoms with van der Waals surface area (Å²) < 4.78 is 0. The third kappa shape index (κ3) is 5.43. The molecule has 0 spiro atoms. The van der Waals surface area contributed by atoms with E-state index in [-0.39, 0.29) is 5.91 Å². The highest BCUT2D eigenvalue weighted by Gasteiger charge is 2.04. The summed E-state index contributed by atoms with van der Waals surface area (Å²) in [6.07, 6.45) is 0. The van der Waals surface area contributed by atoms with Gasteiger partial charge in [0, 0.05) is 17.8 Å². The summed E-state index contributed by atoms with van der Waals surface area (Å²) in [4.78, 5) is 16.2. The van der Waals surface area contributed by atoms with E-state index in [1.54, 1.807) is 6.07 Å². The summed E-state index contributed by atoms with van der Waals surface area (Å²) in [6, 6.07) is 13.6. The second-order valence-corrected chi connectivity index (χ2v) is 5.89. The first-order valence-electron chi connectivity index (χ1n) is 7.94. The largest absolute Gasteiger partial charge is 0.370 e. The number of guanidine groups is 1. The normalized spacial score (nSPS) is 11.2. The first-order valence-corrected chi connectivity index (χ1v) is 7.94. The number of nitrogens with one attached hydrogen (secondary N) is 2. The molecular weight excluding hydrogens is 300 g/mol. The summed E-state index contributed by atoms with van der Waals surface area (Å²) in [5, 5.41) is 5.90. The molecule has 1 amide bonds. The molecule has 4 N–H and O–H groups in total. The van der Waals surface area contributed by atoms with Crippen LogP contribution in [0.2, 0.25) is 0 Å². The first-order chi connectivity index (χ1) is 11.4. The number of benzene rings is 2. The molecule has 0 aliphatic rings. The fourth-order valence-electron chi connectivity index (χ4n) is 2.47. The van der Waals surface area contributed by atoms with E-state index in [0.717, 1.165) is 22.4 Å². The zero-order valence-electron chi connectivity index (χ0n) is 14.4. The molecule has 0 saturated carbocycles. The molecule has 0 aliphatic heterocycles. The molecule has 126 valence electrons. The van der Waals surface area contributed by atoms with Gasteiger partial charge in [0.1, 0.15) is 0 Å². The van der Waals surface area contributed by atoms with Crippen LogP contribution >= 0.6 is 0 Å². The van der Waals surface area contributed by atoms with Crippen LogP contribution in [0.25, 0.3) is 0 Å². The van der Waals surface area contributed by atoms with Gasteiger partial charge in [0.15, 0.2) is 5.96 Å². The number of nitrogens with zero attached hydrogens (tertiary/aromatic N) is 1. The maximum atomic E-state index is 12.0. The van der Waals surface area contributed by atoms with Gasteiger partial charge in [-0.1, -0.05) is 23.8 Å². The second kappa shape index (κ2) is 8.15. The third-order valence-corrected chi connectivity index (χ3v) is 3.45. The third-order valence-electron chi connectivity index (χ3n) is 3.45. The highest BCUT2D eigenvalue weighted by Crippen LogP contribution is 2.13. The summed E-state index contributed by atoms with van der Waals surface area (Å²) in [5.41, 5.74) is 10.8. The predicted molar refractivity (Wildman–Crippen MR) is 99.5 cm³/mol. The molecule has 0 radical (unpaired) electrons. The predicted octanol–water partition coefficient (Wildman–Crippen LogP) is 2.77. The van der Waals surface area contributed by atoms with Crippen molar-refractivity contribution in [2.75, 3.05) is 18.4 Å². The maximum absolute atomic E-state index is 12.0. The van der Waals surface area contributed by atoms with Gasteiger partial charge in [0.25, 0.3) is 5.91 Å². The fraction of sp³-hybridized carbons (Fsp3) is 0.263. The molecule has 2 aromatic rings. The van der Waals surface area contributed by atoms with E-state index >= 15 is 0 Å². The van der Waals surface area contributed by atoms with Crippen LogP contribution in [-0.2, 0) is 0 Å². The van der Waals surface area contributed by atoms with Crippen LogP contribution < -0.4 is 16.4 Å². The Morgan fingerprint density at radius 1 is 1.04 bits per heavy atom. The Labute approximate surface area is 143 Å². The van der Waals surface area contributed by atoms with Crippen LogP contribution in [0.5, 0.6) is 0 Å². The molecule has 5 heteroatoms. The second-order valence-electron chi connectivity index (χ2n) is 5.89. The molecule has 0 atom stereocenters. The maximum Gasteiger partial charge on any atom is 0.251 e. The monoisotopic (exact) mass is 324 g/mol. The van der Waals surface area contributed by atoms with Gasteiger partial charge in [-0.05, 0) is 56.2 Å². The lowest BCUT2D eigenvalue weighted by Gasteiger charge is -2.08. The molecule has 0 fully saturated rings. The zero-order valence-corrected chi connectivity index (χ0v) is 14.4. The summed E-state index contributed by atoms with van der Waals surface area (Å²) >= 11 is 0. The quantitative estimate of drug-likeness (QED) is 0.449. The van der Waals surface area contributed by atoms with Gasteiger partial charge in [-0.2, -0.15) is 0 Å². The first kappa shape index (κ1) is 17.5. The number of amides is 1. The van der Waals surface area contributed by atoms with Gasteiger partial charge in [-0.3, -0.25) is 9.79 Å². The van der Waals surface area contributed by atoms with Gasteiger partial charge in [-0.25, -0.2) is 0 Å². The van der Waals surface area contributed by atoms with E-state index in [1.807, 2.05) is 51.1 Å². The van der Waals surface area contributed by atoms with Crippen LogP contribution in [0.1, 0.15) is 27.0 Å². The van der Waals surface area contributed by atoms with Crippen LogP contribution in [-0.4, -0.2) is 25.0 Å². The van der Waals surface area contributed by atoms with Crippen molar-refractivity contribution in [2.24, 2.45) is 10.7 Å². The Morgan fingerprint density at radius 2 is 1.75 bits per heavy atom. The SMILES string of the molecule is Cc1cc(C)cc(NC(N)=NCCNC(=O)c2cccc(C)c2)c1. The Kier molecular flexibility index (Phi) is 5.95. The van der Waals surface area contributed by atoms with Crippen molar-refractivity contribution in [3.05, 3.63) is 64.7 Å². The van der Waals surface area contributed by atoms with Crippen molar-refractivity contribution >= 4 is 17.6 Å². The van der Waals surface area contributed by atoms with E-state index in [4.69, 9.17) is 5.73 Å². The molecule has 0 aliphatic carbocycles. The number of anilines is 1. The van der Waals surface area contributed by atoms with Crippen molar-refractivity contribution in [3.63, 3.8) is 0 Å². The van der Waals surface area contributed by atoms with Gasteiger partial charge >= 0.3 is 0 Å². The van der Waals surface area contributed by atoms with Crippen LogP contribution in [0.4, 0.5) is 5.69 Å². The fourth-order valence-corrected chi connectivity index (χ4v) is 2.47. The molecule has 0 heterocycles. The minimum absolute atomic E-state index is 0.102. The van der Waals surface area contributed by atoms with Crippen molar-refractivity contribution in [1.29, 1.82) is 0 Å². The average Bonchev–Trinajstić information content (AvgIpc) is 2.50. The number of carbonyl (C=O) groups excluding carboxylic acids is 1. The number of hydrogen-bond donors (Lipinski definition) is 3. The molecule has 24 heavy (non-hydrogen) atoms. The van der Waals surface area contributed by atoms with Crippen molar-refractivity contribution in [3.8, 4) is 0 Å². The lowest BCUT2D eigenvalue weighted by molar-refractivity contribution is 0.0954. The van der Waals surface area contributed by atoms with Crippen molar-refractivity contribution in [2.45, 2.75) is 20.8 Å². The van der Waals surface area contributed by atoms with Crippen molar-refractivity contribution in [1.82, 2.24) is 5.32 Å². The minimum atomic E-state index is -0.102. The Hall–Kier alpha value is -2.82. The van der Waals surface area contributed by atoms with Crippen LogP contribution in [0, 0.1) is 20.8 Å². The van der Waals surface area contributed by atoms with E-state index in [2.05, 4.69) is 21.7 Å². The number of aliphatic imine (C=N–C) groups is 1. The van der Waals surface area contributed by atoms with Gasteiger partial charge in [0.05, 0.1) is 6.54 Å². The molecule has 0 saturated heterocycles. The molecule has 0 aromatic heterocycles. The number of hydrogen-bond acceptors (Lipinski definition) is 2. The van der Waals surface area contributed by atoms with Crippen LogP contribution in [0.15, 0.2) is 47.5 Å². The molecule has 5 nitrogen and oxygen atoms in total. The Bertz CT molecular complexity index is 733. The van der Waals surface area contributed by atoms with Gasteiger partial charge in [0.2, 0.25) is 0 Å². The van der Waals surface area contributed by atoms with Crippen molar-refractivity contribution < 1.29 is 4.79 Å². The number of carbonyl (C=O) groups is 1. The van der Waals surface area contributed by atoms with E-state index in [9.17, 15) is 4.79 Å². The van der Waals surface area contributed by atoms with E-state index in [1.165, 1.54) is 0 Å². The molecule has 2 rings (SSSR count). The average molecular weight is 324 g/mol. The Morgan fingerprint density at radius 3 is 2.42 bits per heavy atom. The topological polar surface area (TPSA) is 79.5 Å². The standard InChI is InChI=1S/C19H24N4O/c1-13-5-4-6-16(10-13)18(24)21-7-8-22-19(20)23-17-11-14(2)9-15(3)12-17/h4-6,9-12H,7-8H2,1-3H3,(H,21,24)(H3,20,22,23). The minimum Gasteiger partial charge on any atom is -0.370 e. The lowest BCUT2D eigenvalue weighted by Crippen LogP contribution is -2.28. The van der Waals surface area contributed by atoms with Gasteiger partial charge < -0.3 is 16.4 Å². The molecule has 0 bridgehead atoms. The molecule has 0 unspecified atom stereocenters. The zero-order chi connectivity index (χ0) is 17.5. The number of rotatable bonds is 5. The highest BCUT2D eigenvalue weighted by atomic mass is 16.1.